The molecule has 0 atom stereocenters. The number of hydrogen-bond acceptors (Lipinski definition) is 5. The fourth-order valence-electron chi connectivity index (χ4n) is 3.66. The number of nitrogens with zero attached hydrogens (tertiary/aromatic N) is 2. The lowest BCUT2D eigenvalue weighted by atomic mass is 10.1. The normalized spacial score (nSPS) is 15.5. The Bertz CT molecular complexity index is 1240. The number of para-hydroxylation sites is 1. The average molecular weight is 436 g/mol. The van der Waals surface area contributed by atoms with Crippen LogP contribution in [0.2, 0.25) is 0 Å². The van der Waals surface area contributed by atoms with Crippen LogP contribution in [0.5, 0.6) is 11.5 Å². The molecule has 1 aliphatic heterocycles. The number of hydrogen-bond donors (Lipinski definition) is 1. The van der Waals surface area contributed by atoms with Gasteiger partial charge >= 0.3 is 0 Å². The molecule has 4 rings (SSSR count). The number of aryl methyl sites for hydroxylation is 1. The summed E-state index contributed by atoms with van der Waals surface area (Å²) >= 11 is 5.31. The van der Waals surface area contributed by atoms with Crippen LogP contribution in [0.4, 0.5) is 5.69 Å². The van der Waals surface area contributed by atoms with Crippen molar-refractivity contribution < 1.29 is 19.1 Å². The smallest absolute Gasteiger partial charge is 0.270 e. The largest absolute Gasteiger partial charge is 0.497 e. The summed E-state index contributed by atoms with van der Waals surface area (Å²) in [7, 11) is 3.02. The molecular weight excluding hydrogens is 414 g/mol. The third kappa shape index (κ3) is 3.55. The first-order chi connectivity index (χ1) is 15.0. The molecule has 2 heterocycles. The maximum atomic E-state index is 13.4. The molecule has 3 aromatic rings. The maximum Gasteiger partial charge on any atom is 0.270 e. The minimum atomic E-state index is -0.540. The Hall–Kier alpha value is -3.65. The van der Waals surface area contributed by atoms with Crippen molar-refractivity contribution >= 4 is 51.8 Å². The molecule has 0 unspecified atom stereocenters. The average Bonchev–Trinajstić information content (AvgIpc) is 3.14. The minimum Gasteiger partial charge on any atom is -0.497 e. The highest BCUT2D eigenvalue weighted by atomic mass is 32.1. The van der Waals surface area contributed by atoms with Gasteiger partial charge in [0.15, 0.2) is 5.11 Å². The second-order valence-corrected chi connectivity index (χ2v) is 7.27. The number of benzene rings is 2. The van der Waals surface area contributed by atoms with Crippen LogP contribution in [-0.4, -0.2) is 35.7 Å². The molecule has 0 bridgehead atoms. The van der Waals surface area contributed by atoms with Crippen LogP contribution in [0.15, 0.2) is 54.2 Å². The fourth-order valence-corrected chi connectivity index (χ4v) is 3.93. The van der Waals surface area contributed by atoms with Crippen LogP contribution in [-0.2, 0) is 16.1 Å². The molecule has 0 saturated carbocycles. The van der Waals surface area contributed by atoms with E-state index in [4.69, 9.17) is 21.7 Å². The Kier molecular flexibility index (Phi) is 5.48. The molecule has 2 aromatic carbocycles. The third-order valence-electron chi connectivity index (χ3n) is 5.19. The standard InChI is InChI=1S/C23H21N3O4S/c1-4-25-13-14(16-7-5-6-8-18(16)25)11-17-21(27)24-23(31)26(22(17)28)19-12-15(29-2)9-10-20(19)30-3/h5-13H,4H2,1-3H3,(H,24,27,31). The molecule has 0 spiro atoms. The highest BCUT2D eigenvalue weighted by Crippen LogP contribution is 2.35. The van der Waals surface area contributed by atoms with E-state index in [1.807, 2.05) is 37.4 Å². The van der Waals surface area contributed by atoms with E-state index in [0.717, 1.165) is 23.0 Å². The summed E-state index contributed by atoms with van der Waals surface area (Å²) in [5, 5.41) is 3.55. The minimum absolute atomic E-state index is 0.0162. The second kappa shape index (κ2) is 8.23. The summed E-state index contributed by atoms with van der Waals surface area (Å²) in [5.41, 5.74) is 2.18. The predicted octanol–water partition coefficient (Wildman–Crippen LogP) is 3.51. The molecule has 8 heteroatoms. The Morgan fingerprint density at radius 3 is 2.58 bits per heavy atom. The van der Waals surface area contributed by atoms with Crippen LogP contribution < -0.4 is 19.7 Å². The van der Waals surface area contributed by atoms with Gasteiger partial charge in [-0.3, -0.25) is 14.9 Å². The Morgan fingerprint density at radius 2 is 1.87 bits per heavy atom. The van der Waals surface area contributed by atoms with Crippen LogP contribution in [0.25, 0.3) is 17.0 Å². The lowest BCUT2D eigenvalue weighted by molar-refractivity contribution is -0.122. The summed E-state index contributed by atoms with van der Waals surface area (Å²) < 4.78 is 12.8. The van der Waals surface area contributed by atoms with Crippen molar-refractivity contribution in [1.29, 1.82) is 0 Å². The number of carbonyl (C=O) groups is 2. The predicted molar refractivity (Wildman–Crippen MR) is 123 cm³/mol. The molecule has 158 valence electrons. The number of fused-ring (bicyclic) bond motifs is 1. The number of thiocarbonyl (C=S) groups is 1. The van der Waals surface area contributed by atoms with Gasteiger partial charge in [-0.25, -0.2) is 4.90 Å². The zero-order valence-corrected chi connectivity index (χ0v) is 18.2. The molecule has 7 nitrogen and oxygen atoms in total. The van der Waals surface area contributed by atoms with Gasteiger partial charge in [-0.2, -0.15) is 0 Å². The van der Waals surface area contributed by atoms with Crippen molar-refractivity contribution in [2.45, 2.75) is 13.5 Å². The number of amides is 2. The zero-order valence-electron chi connectivity index (χ0n) is 17.3. The lowest BCUT2D eigenvalue weighted by Gasteiger charge is -2.30. The van der Waals surface area contributed by atoms with Gasteiger partial charge in [0, 0.05) is 35.3 Å². The fraction of sp³-hybridized carbons (Fsp3) is 0.174. The van der Waals surface area contributed by atoms with Crippen molar-refractivity contribution in [1.82, 2.24) is 9.88 Å². The quantitative estimate of drug-likeness (QED) is 0.377. The number of methoxy groups -OCH3 is 2. The van der Waals surface area contributed by atoms with Crippen LogP contribution in [0, 0.1) is 0 Å². The van der Waals surface area contributed by atoms with Crippen molar-refractivity contribution in [3.05, 3.63) is 59.8 Å². The van der Waals surface area contributed by atoms with Crippen molar-refractivity contribution in [3.63, 3.8) is 0 Å². The van der Waals surface area contributed by atoms with Gasteiger partial charge in [0.1, 0.15) is 17.1 Å². The monoisotopic (exact) mass is 435 g/mol. The third-order valence-corrected chi connectivity index (χ3v) is 5.47. The van der Waals surface area contributed by atoms with E-state index in [-0.39, 0.29) is 10.7 Å². The summed E-state index contributed by atoms with van der Waals surface area (Å²) in [4.78, 5) is 27.4. The van der Waals surface area contributed by atoms with Gasteiger partial charge in [0.25, 0.3) is 11.8 Å². The highest BCUT2D eigenvalue weighted by Gasteiger charge is 2.36. The first-order valence-electron chi connectivity index (χ1n) is 9.69. The summed E-state index contributed by atoms with van der Waals surface area (Å²) in [6, 6.07) is 12.9. The Morgan fingerprint density at radius 1 is 1.10 bits per heavy atom. The summed E-state index contributed by atoms with van der Waals surface area (Å²) in [5.74, 6) is -0.121. The van der Waals surface area contributed by atoms with Crippen LogP contribution in [0.3, 0.4) is 0 Å². The van der Waals surface area contributed by atoms with Crippen molar-refractivity contribution in [2.24, 2.45) is 0 Å². The number of rotatable bonds is 5. The number of ether oxygens (including phenoxy) is 2. The maximum absolute atomic E-state index is 13.4. The molecule has 31 heavy (non-hydrogen) atoms. The Balaban J connectivity index is 1.83. The van der Waals surface area contributed by atoms with Gasteiger partial charge in [0.05, 0.1) is 19.9 Å². The SMILES string of the molecule is CCn1cc(C=C2C(=O)NC(=S)N(c3cc(OC)ccc3OC)C2=O)c2ccccc21. The molecular formula is C23H21N3O4S. The molecule has 0 aliphatic carbocycles. The number of carbonyl (C=O) groups excluding carboxylic acids is 2. The van der Waals surface area contributed by atoms with Gasteiger partial charge in [-0.1, -0.05) is 18.2 Å². The molecule has 1 aliphatic rings. The number of nitrogens with one attached hydrogen (secondary N) is 1. The molecule has 1 saturated heterocycles. The van der Waals surface area contributed by atoms with Crippen LogP contribution in [0.1, 0.15) is 12.5 Å². The number of anilines is 1. The highest BCUT2D eigenvalue weighted by molar-refractivity contribution is 7.80. The van der Waals surface area contributed by atoms with Gasteiger partial charge in [-0.05, 0) is 43.4 Å². The number of aromatic nitrogens is 1. The van der Waals surface area contributed by atoms with Crippen molar-refractivity contribution in [3.8, 4) is 11.5 Å². The zero-order chi connectivity index (χ0) is 22.1. The first-order valence-corrected chi connectivity index (χ1v) is 10.1. The lowest BCUT2D eigenvalue weighted by Crippen LogP contribution is -2.54. The molecule has 1 fully saturated rings. The summed E-state index contributed by atoms with van der Waals surface area (Å²) in [6.07, 6.45) is 3.54. The molecule has 2 amide bonds. The Labute approximate surface area is 184 Å². The second-order valence-electron chi connectivity index (χ2n) is 6.88. The molecule has 0 radical (unpaired) electrons. The van der Waals surface area contributed by atoms with E-state index < -0.39 is 11.8 Å². The van der Waals surface area contributed by atoms with Crippen LogP contribution >= 0.6 is 12.2 Å². The first kappa shape index (κ1) is 20.6. The van der Waals surface area contributed by atoms with Crippen molar-refractivity contribution in [2.75, 3.05) is 19.1 Å². The van der Waals surface area contributed by atoms with E-state index in [2.05, 4.69) is 9.88 Å². The van der Waals surface area contributed by atoms with E-state index in [9.17, 15) is 9.59 Å². The van der Waals surface area contributed by atoms with E-state index in [0.29, 0.717) is 17.2 Å². The van der Waals surface area contributed by atoms with E-state index >= 15 is 0 Å². The van der Waals surface area contributed by atoms with E-state index in [1.165, 1.54) is 19.1 Å². The van der Waals surface area contributed by atoms with E-state index in [1.54, 1.807) is 24.3 Å². The van der Waals surface area contributed by atoms with Gasteiger partial charge in [0.2, 0.25) is 0 Å². The van der Waals surface area contributed by atoms with Gasteiger partial charge in [-0.15, -0.1) is 0 Å². The molecule has 1 N–H and O–H groups in total. The molecule has 1 aromatic heterocycles. The van der Waals surface area contributed by atoms with Gasteiger partial charge < -0.3 is 14.0 Å². The topological polar surface area (TPSA) is 72.8 Å². The summed E-state index contributed by atoms with van der Waals surface area (Å²) in [6.45, 7) is 2.80.